The number of hydrogen-bond donors (Lipinski definition) is 2. The van der Waals surface area contributed by atoms with Crippen LogP contribution in [-0.4, -0.2) is 33.4 Å². The number of nitrogens with one attached hydrogen (secondary N) is 1. The first-order chi connectivity index (χ1) is 9.23. The molecule has 0 spiro atoms. The number of amides is 1. The lowest BCUT2D eigenvalue weighted by Crippen LogP contribution is -2.38. The molecule has 1 heterocycles. The molecule has 5 heteroatoms. The maximum absolute atomic E-state index is 12.1. The van der Waals surface area contributed by atoms with E-state index in [0.717, 1.165) is 17.0 Å². The fraction of sp³-hybridized carbons (Fsp3) is 0.733. The summed E-state index contributed by atoms with van der Waals surface area (Å²) >= 11 is 0. The molecule has 0 aliphatic rings. The van der Waals surface area contributed by atoms with Crippen LogP contribution in [0, 0.1) is 25.7 Å². The minimum atomic E-state index is -0.493. The second-order valence-electron chi connectivity index (χ2n) is 5.93. The summed E-state index contributed by atoms with van der Waals surface area (Å²) in [5, 5.41) is 16.9. The molecular weight excluding hydrogens is 254 g/mol. The van der Waals surface area contributed by atoms with E-state index < -0.39 is 6.10 Å². The normalized spacial score (nSPS) is 14.4. The van der Waals surface area contributed by atoms with Crippen LogP contribution >= 0.6 is 0 Å². The van der Waals surface area contributed by atoms with E-state index in [4.69, 9.17) is 0 Å². The van der Waals surface area contributed by atoms with Crippen molar-refractivity contribution in [3.63, 3.8) is 0 Å². The van der Waals surface area contributed by atoms with Gasteiger partial charge in [0.2, 0.25) is 5.91 Å². The monoisotopic (exact) mass is 281 g/mol. The van der Waals surface area contributed by atoms with E-state index in [-0.39, 0.29) is 17.7 Å². The SMILES string of the molecule is Cc1nn(C)c(C)c1CC(C)C(=O)NCC(O)C(C)C. The highest BCUT2D eigenvalue weighted by molar-refractivity contribution is 5.78. The van der Waals surface area contributed by atoms with Gasteiger partial charge in [0, 0.05) is 25.2 Å². The van der Waals surface area contributed by atoms with Crippen LogP contribution in [0.2, 0.25) is 0 Å². The van der Waals surface area contributed by atoms with E-state index in [2.05, 4.69) is 10.4 Å². The number of nitrogens with zero attached hydrogens (tertiary/aromatic N) is 2. The molecule has 0 saturated heterocycles. The predicted octanol–water partition coefficient (Wildman–Crippen LogP) is 1.35. The Bertz CT molecular complexity index is 466. The molecular formula is C15H27N3O2. The maximum Gasteiger partial charge on any atom is 0.223 e. The Balaban J connectivity index is 2.58. The number of aryl methyl sites for hydroxylation is 2. The van der Waals surface area contributed by atoms with Gasteiger partial charge in [-0.2, -0.15) is 5.10 Å². The number of aliphatic hydroxyl groups excluding tert-OH is 1. The van der Waals surface area contributed by atoms with Gasteiger partial charge in [-0.25, -0.2) is 0 Å². The number of carbonyl (C=O) groups excluding carboxylic acids is 1. The van der Waals surface area contributed by atoms with Gasteiger partial charge in [0.15, 0.2) is 0 Å². The Morgan fingerprint density at radius 1 is 1.35 bits per heavy atom. The van der Waals surface area contributed by atoms with Crippen molar-refractivity contribution in [3.05, 3.63) is 17.0 Å². The van der Waals surface area contributed by atoms with Crippen LogP contribution in [0.1, 0.15) is 37.7 Å². The Morgan fingerprint density at radius 3 is 2.40 bits per heavy atom. The van der Waals surface area contributed by atoms with Crippen molar-refractivity contribution in [1.29, 1.82) is 0 Å². The van der Waals surface area contributed by atoms with Crippen molar-refractivity contribution in [2.24, 2.45) is 18.9 Å². The van der Waals surface area contributed by atoms with Crippen molar-refractivity contribution >= 4 is 5.91 Å². The van der Waals surface area contributed by atoms with Crippen LogP contribution in [0.15, 0.2) is 0 Å². The number of rotatable bonds is 6. The van der Waals surface area contributed by atoms with E-state index in [1.54, 1.807) is 0 Å². The third-order valence-corrected chi connectivity index (χ3v) is 3.87. The van der Waals surface area contributed by atoms with Crippen molar-refractivity contribution in [2.45, 2.75) is 47.1 Å². The molecule has 1 aromatic heterocycles. The van der Waals surface area contributed by atoms with Crippen LogP contribution in [0.4, 0.5) is 0 Å². The topological polar surface area (TPSA) is 67.2 Å². The van der Waals surface area contributed by atoms with Gasteiger partial charge in [0.25, 0.3) is 0 Å². The Morgan fingerprint density at radius 2 is 1.95 bits per heavy atom. The molecule has 20 heavy (non-hydrogen) atoms. The fourth-order valence-corrected chi connectivity index (χ4v) is 2.13. The summed E-state index contributed by atoms with van der Waals surface area (Å²) in [6.45, 7) is 10.1. The lowest BCUT2D eigenvalue weighted by atomic mass is 9.98. The van der Waals surface area contributed by atoms with Crippen molar-refractivity contribution in [2.75, 3.05) is 6.54 Å². The zero-order valence-corrected chi connectivity index (χ0v) is 13.4. The minimum Gasteiger partial charge on any atom is -0.391 e. The standard InChI is InChI=1S/C15H27N3O2/c1-9(2)14(19)8-16-15(20)10(3)7-13-11(4)17-18(6)12(13)5/h9-10,14,19H,7-8H2,1-6H3,(H,16,20). The molecule has 2 unspecified atom stereocenters. The molecule has 5 nitrogen and oxygen atoms in total. The molecule has 114 valence electrons. The number of hydrogen-bond acceptors (Lipinski definition) is 3. The Hall–Kier alpha value is -1.36. The molecule has 0 aliphatic carbocycles. The van der Waals surface area contributed by atoms with Crippen LogP contribution in [0.25, 0.3) is 0 Å². The number of aromatic nitrogens is 2. The lowest BCUT2D eigenvalue weighted by Gasteiger charge is -2.17. The van der Waals surface area contributed by atoms with Crippen LogP contribution < -0.4 is 5.32 Å². The molecule has 0 saturated carbocycles. The number of carbonyl (C=O) groups is 1. The summed E-state index contributed by atoms with van der Waals surface area (Å²) in [4.78, 5) is 12.1. The first kappa shape index (κ1) is 16.7. The third-order valence-electron chi connectivity index (χ3n) is 3.87. The van der Waals surface area contributed by atoms with Crippen molar-refractivity contribution < 1.29 is 9.90 Å². The average Bonchev–Trinajstić information content (AvgIpc) is 2.61. The first-order valence-electron chi connectivity index (χ1n) is 7.18. The van der Waals surface area contributed by atoms with Gasteiger partial charge in [0.05, 0.1) is 11.8 Å². The molecule has 0 aromatic carbocycles. The zero-order chi connectivity index (χ0) is 15.4. The second kappa shape index (κ2) is 6.88. The van der Waals surface area contributed by atoms with Crippen molar-refractivity contribution in [1.82, 2.24) is 15.1 Å². The second-order valence-corrected chi connectivity index (χ2v) is 5.93. The van der Waals surface area contributed by atoms with E-state index in [1.807, 2.05) is 46.3 Å². The van der Waals surface area contributed by atoms with Gasteiger partial charge in [-0.15, -0.1) is 0 Å². The predicted molar refractivity (Wildman–Crippen MR) is 79.4 cm³/mol. The molecule has 1 aromatic rings. The quantitative estimate of drug-likeness (QED) is 0.827. The molecule has 0 aliphatic heterocycles. The van der Waals surface area contributed by atoms with Gasteiger partial charge in [0.1, 0.15) is 0 Å². The fourth-order valence-electron chi connectivity index (χ4n) is 2.13. The van der Waals surface area contributed by atoms with E-state index >= 15 is 0 Å². The summed E-state index contributed by atoms with van der Waals surface area (Å²) in [5.74, 6) is -0.00302. The van der Waals surface area contributed by atoms with Crippen LogP contribution in [-0.2, 0) is 18.3 Å². The van der Waals surface area contributed by atoms with E-state index in [9.17, 15) is 9.90 Å². The van der Waals surface area contributed by atoms with Crippen LogP contribution in [0.5, 0.6) is 0 Å². The Kier molecular flexibility index (Phi) is 5.74. The minimum absolute atomic E-state index is 0.0210. The molecule has 1 amide bonds. The highest BCUT2D eigenvalue weighted by Crippen LogP contribution is 2.17. The summed E-state index contributed by atoms with van der Waals surface area (Å²) in [7, 11) is 1.91. The highest BCUT2D eigenvalue weighted by Gasteiger charge is 2.19. The van der Waals surface area contributed by atoms with Gasteiger partial charge in [-0.05, 0) is 31.7 Å². The van der Waals surface area contributed by atoms with E-state index in [0.29, 0.717) is 13.0 Å². The number of aliphatic hydroxyl groups is 1. The summed E-state index contributed by atoms with van der Waals surface area (Å²) in [5.41, 5.74) is 3.22. The summed E-state index contributed by atoms with van der Waals surface area (Å²) in [6, 6.07) is 0. The van der Waals surface area contributed by atoms with E-state index in [1.165, 1.54) is 0 Å². The molecule has 0 radical (unpaired) electrons. The van der Waals surface area contributed by atoms with Gasteiger partial charge in [-0.3, -0.25) is 9.48 Å². The lowest BCUT2D eigenvalue weighted by molar-refractivity contribution is -0.125. The van der Waals surface area contributed by atoms with Gasteiger partial charge < -0.3 is 10.4 Å². The molecule has 2 N–H and O–H groups in total. The molecule has 0 bridgehead atoms. The molecule has 2 atom stereocenters. The Labute approximate surface area is 121 Å². The first-order valence-corrected chi connectivity index (χ1v) is 7.18. The summed E-state index contributed by atoms with van der Waals surface area (Å²) < 4.78 is 1.85. The maximum atomic E-state index is 12.1. The van der Waals surface area contributed by atoms with Crippen LogP contribution in [0.3, 0.4) is 0 Å². The van der Waals surface area contributed by atoms with Gasteiger partial charge in [-0.1, -0.05) is 20.8 Å². The van der Waals surface area contributed by atoms with Gasteiger partial charge >= 0.3 is 0 Å². The summed E-state index contributed by atoms with van der Waals surface area (Å²) in [6.07, 6.45) is 0.183. The third kappa shape index (κ3) is 4.07. The zero-order valence-electron chi connectivity index (χ0n) is 13.4. The average molecular weight is 281 g/mol. The highest BCUT2D eigenvalue weighted by atomic mass is 16.3. The molecule has 0 fully saturated rings. The largest absolute Gasteiger partial charge is 0.391 e. The van der Waals surface area contributed by atoms with Crippen molar-refractivity contribution in [3.8, 4) is 0 Å². The smallest absolute Gasteiger partial charge is 0.223 e. The molecule has 1 rings (SSSR count).